The van der Waals surface area contributed by atoms with Crippen LogP contribution in [-0.4, -0.2) is 34.6 Å². The summed E-state index contributed by atoms with van der Waals surface area (Å²) in [6.07, 6.45) is 1.42. The van der Waals surface area contributed by atoms with Crippen LogP contribution in [0.3, 0.4) is 0 Å². The fraction of sp³-hybridized carbons (Fsp3) is 0.400. The fourth-order valence-electron chi connectivity index (χ4n) is 2.83. The minimum Gasteiger partial charge on any atom is -0.397 e. The van der Waals surface area contributed by atoms with Gasteiger partial charge in [0.15, 0.2) is 0 Å². The van der Waals surface area contributed by atoms with Gasteiger partial charge < -0.3 is 15.7 Å². The first-order chi connectivity index (χ1) is 9.89. The van der Waals surface area contributed by atoms with Gasteiger partial charge in [0.1, 0.15) is 10.7 Å². The van der Waals surface area contributed by atoms with E-state index in [4.69, 9.17) is 5.73 Å². The third kappa shape index (κ3) is 2.49. The van der Waals surface area contributed by atoms with Gasteiger partial charge in [0.25, 0.3) is 5.91 Å². The Bertz CT molecular complexity index is 711. The molecule has 4 nitrogen and oxygen atoms in total. The van der Waals surface area contributed by atoms with Crippen LogP contribution in [0.15, 0.2) is 18.2 Å². The summed E-state index contributed by atoms with van der Waals surface area (Å²) in [6, 6.07) is 4.70. The summed E-state index contributed by atoms with van der Waals surface area (Å²) in [5, 5.41) is 10.4. The lowest BCUT2D eigenvalue weighted by atomic mass is 9.95. The summed E-state index contributed by atoms with van der Waals surface area (Å²) in [7, 11) is 0. The van der Waals surface area contributed by atoms with Crippen molar-refractivity contribution in [1.82, 2.24) is 4.90 Å². The van der Waals surface area contributed by atoms with Gasteiger partial charge in [0.2, 0.25) is 0 Å². The SMILES string of the molecule is CC1(O)CCCN(C(=O)c2sc3cccc(F)c3c2N)C1. The Morgan fingerprint density at radius 2 is 2.29 bits per heavy atom. The Labute approximate surface area is 126 Å². The van der Waals surface area contributed by atoms with Crippen LogP contribution in [-0.2, 0) is 0 Å². The number of β-amino-alcohol motifs (C(OH)–C–C–N with tert-alkyl or cyclic N) is 1. The molecule has 1 aliphatic heterocycles. The van der Waals surface area contributed by atoms with Crippen molar-refractivity contribution in [3.8, 4) is 0 Å². The maximum absolute atomic E-state index is 13.9. The number of nitrogens with two attached hydrogens (primary N) is 1. The quantitative estimate of drug-likeness (QED) is 0.851. The predicted octanol–water partition coefficient (Wildman–Crippen LogP) is 2.61. The number of piperidine rings is 1. The van der Waals surface area contributed by atoms with Gasteiger partial charge in [0.05, 0.1) is 16.7 Å². The maximum Gasteiger partial charge on any atom is 0.266 e. The Kier molecular flexibility index (Phi) is 3.37. The molecule has 1 fully saturated rings. The van der Waals surface area contributed by atoms with E-state index in [1.807, 2.05) is 0 Å². The molecule has 3 N–H and O–H groups in total. The first kappa shape index (κ1) is 14.3. The fourth-order valence-corrected chi connectivity index (χ4v) is 3.93. The number of hydrogen-bond acceptors (Lipinski definition) is 4. The van der Waals surface area contributed by atoms with Crippen LogP contribution < -0.4 is 5.73 Å². The highest BCUT2D eigenvalue weighted by atomic mass is 32.1. The third-order valence-corrected chi connectivity index (χ3v) is 5.02. The van der Waals surface area contributed by atoms with E-state index in [2.05, 4.69) is 0 Å². The normalized spacial score (nSPS) is 22.7. The van der Waals surface area contributed by atoms with E-state index in [0.29, 0.717) is 27.9 Å². The minimum atomic E-state index is -0.870. The lowest BCUT2D eigenvalue weighted by Gasteiger charge is -2.36. The van der Waals surface area contributed by atoms with E-state index < -0.39 is 11.4 Å². The highest BCUT2D eigenvalue weighted by Gasteiger charge is 2.33. The van der Waals surface area contributed by atoms with Crippen LogP contribution in [0.25, 0.3) is 10.1 Å². The Hall–Kier alpha value is -1.66. The summed E-state index contributed by atoms with van der Waals surface area (Å²) in [5.41, 5.74) is 5.30. The van der Waals surface area contributed by atoms with Crippen molar-refractivity contribution in [2.45, 2.75) is 25.4 Å². The Morgan fingerprint density at radius 3 is 2.95 bits per heavy atom. The van der Waals surface area contributed by atoms with E-state index >= 15 is 0 Å². The van der Waals surface area contributed by atoms with Crippen molar-refractivity contribution < 1.29 is 14.3 Å². The number of nitrogen functional groups attached to an aromatic ring is 1. The molecular weight excluding hydrogens is 291 g/mol. The molecule has 0 radical (unpaired) electrons. The molecular formula is C15H17FN2O2S. The molecule has 1 aromatic heterocycles. The van der Waals surface area contributed by atoms with Crippen LogP contribution in [0.5, 0.6) is 0 Å². The number of carbonyl (C=O) groups is 1. The monoisotopic (exact) mass is 308 g/mol. The summed E-state index contributed by atoms with van der Waals surface area (Å²) >= 11 is 1.20. The van der Waals surface area contributed by atoms with Crippen molar-refractivity contribution in [1.29, 1.82) is 0 Å². The van der Waals surface area contributed by atoms with E-state index in [1.165, 1.54) is 17.4 Å². The number of hydrogen-bond donors (Lipinski definition) is 2. The Balaban J connectivity index is 1.99. The van der Waals surface area contributed by atoms with Gasteiger partial charge in [-0.3, -0.25) is 4.79 Å². The van der Waals surface area contributed by atoms with Gasteiger partial charge in [-0.15, -0.1) is 11.3 Å². The zero-order chi connectivity index (χ0) is 15.2. The Morgan fingerprint density at radius 1 is 1.52 bits per heavy atom. The lowest BCUT2D eigenvalue weighted by Crippen LogP contribution is -2.48. The van der Waals surface area contributed by atoms with Gasteiger partial charge in [-0.1, -0.05) is 6.07 Å². The summed E-state index contributed by atoms with van der Waals surface area (Å²) < 4.78 is 14.5. The van der Waals surface area contributed by atoms with Crippen LogP contribution in [0.1, 0.15) is 29.4 Å². The number of carbonyl (C=O) groups excluding carboxylic acids is 1. The van der Waals surface area contributed by atoms with Gasteiger partial charge in [-0.2, -0.15) is 0 Å². The van der Waals surface area contributed by atoms with Gasteiger partial charge in [0, 0.05) is 17.8 Å². The first-order valence-electron chi connectivity index (χ1n) is 6.87. The molecule has 2 heterocycles. The molecule has 1 aromatic carbocycles. The largest absolute Gasteiger partial charge is 0.397 e. The van der Waals surface area contributed by atoms with Crippen molar-refractivity contribution in [2.75, 3.05) is 18.8 Å². The van der Waals surface area contributed by atoms with E-state index in [0.717, 1.165) is 6.42 Å². The second-order valence-corrected chi connectivity index (χ2v) is 6.84. The topological polar surface area (TPSA) is 66.6 Å². The molecule has 0 saturated carbocycles. The second kappa shape index (κ2) is 4.96. The minimum absolute atomic E-state index is 0.198. The molecule has 1 unspecified atom stereocenters. The van der Waals surface area contributed by atoms with Crippen molar-refractivity contribution >= 4 is 33.0 Å². The number of aliphatic hydroxyl groups is 1. The average Bonchev–Trinajstić information content (AvgIpc) is 2.75. The van der Waals surface area contributed by atoms with Gasteiger partial charge in [-0.05, 0) is 31.9 Å². The summed E-state index contributed by atoms with van der Waals surface area (Å²) in [4.78, 5) is 14.6. The molecule has 1 amide bonds. The van der Waals surface area contributed by atoms with E-state index in [9.17, 15) is 14.3 Å². The smallest absolute Gasteiger partial charge is 0.266 e. The molecule has 112 valence electrons. The van der Waals surface area contributed by atoms with Crippen molar-refractivity contribution in [3.05, 3.63) is 28.9 Å². The average molecular weight is 308 g/mol. The lowest BCUT2D eigenvalue weighted by molar-refractivity contribution is -0.0105. The van der Waals surface area contributed by atoms with Crippen LogP contribution in [0, 0.1) is 5.82 Å². The zero-order valence-electron chi connectivity index (χ0n) is 11.7. The molecule has 6 heteroatoms. The molecule has 1 aliphatic rings. The predicted molar refractivity (Wildman–Crippen MR) is 82.0 cm³/mol. The molecule has 0 bridgehead atoms. The molecule has 2 aromatic rings. The summed E-state index contributed by atoms with van der Waals surface area (Å²) in [6.45, 7) is 2.59. The highest BCUT2D eigenvalue weighted by Crippen LogP contribution is 2.36. The number of thiophene rings is 1. The van der Waals surface area contributed by atoms with Gasteiger partial charge in [-0.25, -0.2) is 4.39 Å². The molecule has 0 spiro atoms. The number of nitrogens with zero attached hydrogens (tertiary/aromatic N) is 1. The van der Waals surface area contributed by atoms with Gasteiger partial charge >= 0.3 is 0 Å². The number of likely N-dealkylation sites (tertiary alicyclic amines) is 1. The molecule has 1 atom stereocenters. The van der Waals surface area contributed by atoms with Crippen LogP contribution in [0.2, 0.25) is 0 Å². The van der Waals surface area contributed by atoms with E-state index in [-0.39, 0.29) is 18.1 Å². The molecule has 3 rings (SSSR count). The third-order valence-electron chi connectivity index (χ3n) is 3.86. The molecule has 0 aliphatic carbocycles. The number of halogens is 1. The first-order valence-corrected chi connectivity index (χ1v) is 7.69. The standard InChI is InChI=1S/C15H17FN2O2S/c1-15(20)6-3-7-18(8-15)14(19)13-12(17)11-9(16)4-2-5-10(11)21-13/h2,4-5,20H,3,6-8,17H2,1H3. The second-order valence-electron chi connectivity index (χ2n) is 5.79. The van der Waals surface area contributed by atoms with Crippen molar-refractivity contribution in [2.24, 2.45) is 0 Å². The van der Waals surface area contributed by atoms with Crippen LogP contribution in [0.4, 0.5) is 10.1 Å². The van der Waals surface area contributed by atoms with Crippen LogP contribution >= 0.6 is 11.3 Å². The highest BCUT2D eigenvalue weighted by molar-refractivity contribution is 7.21. The van der Waals surface area contributed by atoms with Crippen molar-refractivity contribution in [3.63, 3.8) is 0 Å². The molecule has 1 saturated heterocycles. The number of benzene rings is 1. The molecule has 21 heavy (non-hydrogen) atoms. The summed E-state index contributed by atoms with van der Waals surface area (Å²) in [5.74, 6) is -0.640. The number of fused-ring (bicyclic) bond motifs is 1. The zero-order valence-corrected chi connectivity index (χ0v) is 12.5. The number of rotatable bonds is 1. The number of anilines is 1. The maximum atomic E-state index is 13.9. The number of amides is 1. The van der Waals surface area contributed by atoms with E-state index in [1.54, 1.807) is 24.0 Å².